The molecule has 0 radical (unpaired) electrons. The zero-order valence-electron chi connectivity index (χ0n) is 17.4. The van der Waals surface area contributed by atoms with Gasteiger partial charge in [-0.15, -0.1) is 0 Å². The Balaban J connectivity index is 1.33. The van der Waals surface area contributed by atoms with E-state index in [2.05, 4.69) is 27.7 Å². The molecule has 4 fully saturated rings. The Hall–Kier alpha value is -1.33. The van der Waals surface area contributed by atoms with Gasteiger partial charge in [-0.25, -0.2) is 0 Å². The maximum Gasteiger partial charge on any atom is 0.230 e. The van der Waals surface area contributed by atoms with Crippen molar-refractivity contribution in [1.82, 2.24) is 14.7 Å². The predicted octanol–water partition coefficient (Wildman–Crippen LogP) is 3.22. The molecular weight excluding hydrogens is 350 g/mol. The van der Waals surface area contributed by atoms with Gasteiger partial charge in [0.1, 0.15) is 5.76 Å². The first-order chi connectivity index (χ1) is 13.7. The van der Waals surface area contributed by atoms with Gasteiger partial charge in [0.05, 0.1) is 18.2 Å². The molecule has 154 valence electrons. The van der Waals surface area contributed by atoms with Crippen LogP contribution in [0, 0.1) is 16.7 Å². The van der Waals surface area contributed by atoms with Crippen molar-refractivity contribution in [1.29, 1.82) is 0 Å². The molecule has 3 saturated heterocycles. The number of likely N-dealkylation sites (tertiary alicyclic amines) is 3. The van der Waals surface area contributed by atoms with Gasteiger partial charge in [0.2, 0.25) is 5.91 Å². The van der Waals surface area contributed by atoms with Crippen molar-refractivity contribution < 1.29 is 9.21 Å². The predicted molar refractivity (Wildman–Crippen MR) is 109 cm³/mol. The minimum Gasteiger partial charge on any atom is -0.468 e. The SMILES string of the molecule is CCN1C[C@H]2C3(CCN(Cc4ccco4)CC3)CC[C@@]2(C(=O)N2CCCC2)C1. The fourth-order valence-electron chi connectivity index (χ4n) is 6.86. The van der Waals surface area contributed by atoms with Crippen LogP contribution in [0.15, 0.2) is 22.8 Å². The minimum atomic E-state index is -0.0937. The lowest BCUT2D eigenvalue weighted by atomic mass is 9.65. The fraction of sp³-hybridized carbons (Fsp3) is 0.783. The largest absolute Gasteiger partial charge is 0.468 e. The van der Waals surface area contributed by atoms with Gasteiger partial charge < -0.3 is 14.2 Å². The highest BCUT2D eigenvalue weighted by molar-refractivity contribution is 5.84. The number of fused-ring (bicyclic) bond motifs is 2. The van der Waals surface area contributed by atoms with Gasteiger partial charge in [0, 0.05) is 26.2 Å². The van der Waals surface area contributed by atoms with Gasteiger partial charge >= 0.3 is 0 Å². The Kier molecular flexibility index (Phi) is 4.79. The summed E-state index contributed by atoms with van der Waals surface area (Å²) >= 11 is 0. The summed E-state index contributed by atoms with van der Waals surface area (Å²) in [5.41, 5.74) is 0.280. The molecule has 1 amide bonds. The molecule has 1 saturated carbocycles. The second-order valence-corrected chi connectivity index (χ2v) is 9.75. The third-order valence-corrected chi connectivity index (χ3v) is 8.50. The number of furan rings is 1. The van der Waals surface area contributed by atoms with Crippen molar-refractivity contribution in [2.45, 2.75) is 52.0 Å². The lowest BCUT2D eigenvalue weighted by Gasteiger charge is -2.44. The normalized spacial score (nSPS) is 33.0. The molecular formula is C23H35N3O2. The Labute approximate surface area is 169 Å². The van der Waals surface area contributed by atoms with Crippen molar-refractivity contribution in [2.75, 3.05) is 45.8 Å². The summed E-state index contributed by atoms with van der Waals surface area (Å²) < 4.78 is 5.56. The lowest BCUT2D eigenvalue weighted by molar-refractivity contribution is -0.143. The van der Waals surface area contributed by atoms with Crippen LogP contribution in [0.2, 0.25) is 0 Å². The molecule has 0 N–H and O–H groups in total. The molecule has 5 rings (SSSR count). The molecule has 1 aliphatic carbocycles. The molecule has 0 aromatic carbocycles. The summed E-state index contributed by atoms with van der Waals surface area (Å²) in [4.78, 5) is 21.0. The lowest BCUT2D eigenvalue weighted by Crippen LogP contribution is -2.49. The third kappa shape index (κ3) is 2.93. The van der Waals surface area contributed by atoms with Crippen LogP contribution in [0.4, 0.5) is 0 Å². The van der Waals surface area contributed by atoms with Gasteiger partial charge in [-0.1, -0.05) is 6.92 Å². The first kappa shape index (κ1) is 18.7. The second kappa shape index (κ2) is 7.17. The van der Waals surface area contributed by atoms with Crippen molar-refractivity contribution in [3.8, 4) is 0 Å². The van der Waals surface area contributed by atoms with Crippen LogP contribution in [-0.2, 0) is 11.3 Å². The van der Waals surface area contributed by atoms with Crippen LogP contribution in [0.5, 0.6) is 0 Å². The quantitative estimate of drug-likeness (QED) is 0.798. The molecule has 4 aliphatic rings. The van der Waals surface area contributed by atoms with Crippen LogP contribution in [0.25, 0.3) is 0 Å². The second-order valence-electron chi connectivity index (χ2n) is 9.75. The zero-order chi connectivity index (χ0) is 19.2. The number of carbonyl (C=O) groups excluding carboxylic acids is 1. The highest BCUT2D eigenvalue weighted by Gasteiger charge is 2.64. The molecule has 3 aliphatic heterocycles. The van der Waals surface area contributed by atoms with E-state index in [1.807, 2.05) is 6.07 Å². The molecule has 1 aromatic rings. The van der Waals surface area contributed by atoms with Crippen LogP contribution < -0.4 is 0 Å². The molecule has 28 heavy (non-hydrogen) atoms. The summed E-state index contributed by atoms with van der Waals surface area (Å²) in [5, 5.41) is 0. The summed E-state index contributed by atoms with van der Waals surface area (Å²) in [7, 11) is 0. The van der Waals surface area contributed by atoms with Crippen LogP contribution in [0.1, 0.15) is 51.2 Å². The van der Waals surface area contributed by atoms with Crippen LogP contribution >= 0.6 is 0 Å². The van der Waals surface area contributed by atoms with Crippen molar-refractivity contribution in [3.05, 3.63) is 24.2 Å². The number of nitrogens with zero attached hydrogens (tertiary/aromatic N) is 3. The molecule has 5 heteroatoms. The maximum absolute atomic E-state index is 13.7. The number of hydrogen-bond acceptors (Lipinski definition) is 4. The average molecular weight is 386 g/mol. The smallest absolute Gasteiger partial charge is 0.230 e. The summed E-state index contributed by atoms with van der Waals surface area (Å²) in [6.45, 7) is 10.6. The van der Waals surface area contributed by atoms with E-state index in [-0.39, 0.29) is 5.41 Å². The van der Waals surface area contributed by atoms with Crippen molar-refractivity contribution >= 4 is 5.91 Å². The van der Waals surface area contributed by atoms with Crippen molar-refractivity contribution in [3.63, 3.8) is 0 Å². The van der Waals surface area contributed by atoms with Crippen LogP contribution in [-0.4, -0.2) is 66.4 Å². The molecule has 0 unspecified atom stereocenters. The molecule has 1 spiro atoms. The number of carbonyl (C=O) groups is 1. The highest BCUT2D eigenvalue weighted by atomic mass is 16.3. The number of amides is 1. The first-order valence-corrected chi connectivity index (χ1v) is 11.4. The molecule has 0 bridgehead atoms. The average Bonchev–Trinajstić information content (AvgIpc) is 3.50. The van der Waals surface area contributed by atoms with Gasteiger partial charge in [-0.3, -0.25) is 9.69 Å². The Bertz CT molecular complexity index is 689. The first-order valence-electron chi connectivity index (χ1n) is 11.4. The van der Waals surface area contributed by atoms with Gasteiger partial charge in [0.25, 0.3) is 0 Å². The molecule has 2 atom stereocenters. The summed E-state index contributed by atoms with van der Waals surface area (Å²) in [6, 6.07) is 4.06. The van der Waals surface area contributed by atoms with E-state index in [9.17, 15) is 4.79 Å². The van der Waals surface area contributed by atoms with E-state index >= 15 is 0 Å². The van der Waals surface area contributed by atoms with Gasteiger partial charge in [-0.05, 0) is 81.6 Å². The molecule has 4 heterocycles. The van der Waals surface area contributed by atoms with Crippen molar-refractivity contribution in [2.24, 2.45) is 16.7 Å². The van der Waals surface area contributed by atoms with E-state index in [0.717, 1.165) is 64.5 Å². The van der Waals surface area contributed by atoms with Crippen LogP contribution in [0.3, 0.4) is 0 Å². The van der Waals surface area contributed by atoms with E-state index in [1.165, 1.54) is 32.1 Å². The monoisotopic (exact) mass is 385 g/mol. The maximum atomic E-state index is 13.7. The molecule has 5 nitrogen and oxygen atoms in total. The Morgan fingerprint density at radius 3 is 2.57 bits per heavy atom. The van der Waals surface area contributed by atoms with E-state index in [4.69, 9.17) is 4.42 Å². The van der Waals surface area contributed by atoms with Gasteiger partial charge in [0.15, 0.2) is 0 Å². The van der Waals surface area contributed by atoms with E-state index in [0.29, 0.717) is 17.2 Å². The summed E-state index contributed by atoms with van der Waals surface area (Å²) in [6.07, 6.45) is 9.00. The zero-order valence-corrected chi connectivity index (χ0v) is 17.4. The van der Waals surface area contributed by atoms with Gasteiger partial charge in [-0.2, -0.15) is 0 Å². The third-order valence-electron chi connectivity index (χ3n) is 8.50. The fourth-order valence-corrected chi connectivity index (χ4v) is 6.86. The van der Waals surface area contributed by atoms with E-state index < -0.39 is 0 Å². The van der Waals surface area contributed by atoms with E-state index in [1.54, 1.807) is 6.26 Å². The number of rotatable bonds is 4. The standard InChI is InChI=1S/C23H35N3O2/c1-2-24-17-20-22(9-13-25(14-10-22)16-19-6-5-15-28-19)7-8-23(20,18-24)21(27)26-11-3-4-12-26/h5-6,15,20H,2-4,7-14,16-18H2,1H3/t20-,23+/m0/s1. The molecule has 1 aromatic heterocycles. The Morgan fingerprint density at radius 1 is 1.11 bits per heavy atom. The number of hydrogen-bond donors (Lipinski definition) is 0. The Morgan fingerprint density at radius 2 is 1.89 bits per heavy atom. The highest BCUT2D eigenvalue weighted by Crippen LogP contribution is 2.62. The summed E-state index contributed by atoms with van der Waals surface area (Å²) in [5.74, 6) is 2.12. The minimum absolute atomic E-state index is 0.0937. The number of piperidine rings is 1. The topological polar surface area (TPSA) is 39.9 Å².